The zero-order valence-electron chi connectivity index (χ0n) is 20.8. The second kappa shape index (κ2) is 11.2. The molecule has 1 aromatic rings. The second-order valence-corrected chi connectivity index (χ2v) is 9.65. The molecule has 0 spiro atoms. The molecule has 1 amide bonds. The Bertz CT molecular complexity index is 1200. The third-order valence-electron chi connectivity index (χ3n) is 6.63. The van der Waals surface area contributed by atoms with Crippen LogP contribution in [-0.4, -0.2) is 64.5 Å². The fourth-order valence-corrected chi connectivity index (χ4v) is 5.69. The molecule has 0 aliphatic carbocycles. The lowest BCUT2D eigenvalue weighted by Gasteiger charge is -2.37. The van der Waals surface area contributed by atoms with Crippen molar-refractivity contribution < 1.29 is 28.8 Å². The van der Waals surface area contributed by atoms with Gasteiger partial charge in [0.05, 0.1) is 48.3 Å². The van der Waals surface area contributed by atoms with E-state index < -0.39 is 16.9 Å². The molecule has 11 nitrogen and oxygen atoms in total. The van der Waals surface area contributed by atoms with Crippen LogP contribution in [0.4, 0.5) is 5.69 Å². The number of amides is 1. The predicted octanol–water partition coefficient (Wildman–Crippen LogP) is 3.53. The number of non-ortho nitro benzene ring substituents is 1. The van der Waals surface area contributed by atoms with Gasteiger partial charge in [-0.1, -0.05) is 11.8 Å². The van der Waals surface area contributed by atoms with Gasteiger partial charge in [-0.05, 0) is 49.8 Å². The highest BCUT2D eigenvalue weighted by Gasteiger charge is 2.41. The molecule has 3 aliphatic rings. The van der Waals surface area contributed by atoms with Crippen molar-refractivity contribution in [3.63, 3.8) is 0 Å². The average molecular weight is 529 g/mol. The van der Waals surface area contributed by atoms with Crippen LogP contribution in [0.1, 0.15) is 44.7 Å². The Morgan fingerprint density at radius 3 is 2.46 bits per heavy atom. The average Bonchev–Trinajstić information content (AvgIpc) is 3.29. The number of fused-ring (bicyclic) bond motifs is 1. The lowest BCUT2D eigenvalue weighted by molar-refractivity contribution is -0.384. The highest BCUT2D eigenvalue weighted by molar-refractivity contribution is 8.16. The third-order valence-corrected chi connectivity index (χ3v) is 7.51. The van der Waals surface area contributed by atoms with E-state index in [1.807, 2.05) is 10.3 Å². The number of likely N-dealkylation sites (tertiary alicyclic amines) is 1. The van der Waals surface area contributed by atoms with E-state index in [1.165, 1.54) is 31.0 Å². The number of nitro groups is 1. The van der Waals surface area contributed by atoms with Crippen LogP contribution in [0, 0.1) is 16.0 Å². The summed E-state index contributed by atoms with van der Waals surface area (Å²) in [4.78, 5) is 56.9. The molecule has 0 N–H and O–H groups in total. The molecule has 3 aliphatic heterocycles. The number of nitro benzene ring substituents is 1. The van der Waals surface area contributed by atoms with Crippen LogP contribution in [-0.2, 0) is 23.9 Å². The van der Waals surface area contributed by atoms with Gasteiger partial charge in [-0.15, -0.1) is 0 Å². The summed E-state index contributed by atoms with van der Waals surface area (Å²) in [6, 6.07) is 5.31. The van der Waals surface area contributed by atoms with Crippen LogP contribution < -0.4 is 0 Å². The van der Waals surface area contributed by atoms with E-state index in [1.54, 1.807) is 30.9 Å². The number of benzene rings is 1. The van der Waals surface area contributed by atoms with Crippen LogP contribution >= 0.6 is 11.8 Å². The number of nitrogens with zero attached hydrogens (tertiary/aromatic N) is 4. The number of methoxy groups -OCH3 is 1. The predicted molar refractivity (Wildman–Crippen MR) is 136 cm³/mol. The summed E-state index contributed by atoms with van der Waals surface area (Å²) in [5.41, 5.74) is 2.02. The van der Waals surface area contributed by atoms with Gasteiger partial charge in [0.2, 0.25) is 5.91 Å². The molecule has 1 fully saturated rings. The molecule has 12 heteroatoms. The summed E-state index contributed by atoms with van der Waals surface area (Å²) < 4.78 is 10.2. The van der Waals surface area contributed by atoms with Crippen molar-refractivity contribution in [1.29, 1.82) is 0 Å². The highest BCUT2D eigenvalue weighted by atomic mass is 32.2. The maximum atomic E-state index is 13.2. The Balaban J connectivity index is 1.56. The monoisotopic (exact) mass is 528 g/mol. The Kier molecular flexibility index (Phi) is 7.96. The molecule has 1 saturated heterocycles. The van der Waals surface area contributed by atoms with E-state index in [2.05, 4.69) is 4.99 Å². The van der Waals surface area contributed by atoms with Gasteiger partial charge in [0.1, 0.15) is 0 Å². The molecule has 4 rings (SSSR count). The molecule has 0 bridgehead atoms. The summed E-state index contributed by atoms with van der Waals surface area (Å²) in [7, 11) is 1.29. The first-order valence-electron chi connectivity index (χ1n) is 12.0. The lowest BCUT2D eigenvalue weighted by Crippen LogP contribution is -2.42. The second-order valence-electron chi connectivity index (χ2n) is 8.82. The molecule has 3 heterocycles. The van der Waals surface area contributed by atoms with Crippen molar-refractivity contribution in [3.8, 4) is 0 Å². The smallest absolute Gasteiger partial charge is 0.338 e. The number of esters is 2. The number of hydrogen-bond donors (Lipinski definition) is 0. The summed E-state index contributed by atoms with van der Waals surface area (Å²) in [6.45, 7) is 4.74. The van der Waals surface area contributed by atoms with Gasteiger partial charge in [-0.2, -0.15) is 0 Å². The number of piperidine rings is 1. The van der Waals surface area contributed by atoms with Gasteiger partial charge in [-0.3, -0.25) is 19.7 Å². The Morgan fingerprint density at radius 2 is 1.86 bits per heavy atom. The van der Waals surface area contributed by atoms with Crippen molar-refractivity contribution in [2.45, 2.75) is 39.2 Å². The Hall–Kier alpha value is -3.67. The number of rotatable bonds is 7. The number of thioether (sulfide) groups is 1. The first kappa shape index (κ1) is 26.4. The minimum atomic E-state index is -0.663. The highest BCUT2D eigenvalue weighted by Crippen LogP contribution is 2.45. The van der Waals surface area contributed by atoms with Crippen molar-refractivity contribution in [1.82, 2.24) is 9.80 Å². The van der Waals surface area contributed by atoms with Crippen LogP contribution in [0.2, 0.25) is 0 Å². The molecule has 37 heavy (non-hydrogen) atoms. The van der Waals surface area contributed by atoms with E-state index >= 15 is 0 Å². The summed E-state index contributed by atoms with van der Waals surface area (Å²) in [6.07, 6.45) is 1.18. The number of allylic oxidation sites excluding steroid dienone is 1. The lowest BCUT2D eigenvalue weighted by atomic mass is 9.93. The first-order valence-corrected chi connectivity index (χ1v) is 12.8. The van der Waals surface area contributed by atoms with E-state index in [9.17, 15) is 24.5 Å². The maximum Gasteiger partial charge on any atom is 0.338 e. The van der Waals surface area contributed by atoms with Crippen LogP contribution in [0.15, 0.2) is 51.6 Å². The maximum absolute atomic E-state index is 13.2. The molecule has 0 saturated carbocycles. The fraction of sp³-hybridized carbons (Fsp3) is 0.440. The van der Waals surface area contributed by atoms with Crippen molar-refractivity contribution in [2.75, 3.05) is 26.8 Å². The van der Waals surface area contributed by atoms with Crippen molar-refractivity contribution >= 4 is 40.5 Å². The van der Waals surface area contributed by atoms with E-state index in [4.69, 9.17) is 9.47 Å². The number of aliphatic imine (C=N–C) groups is 1. The van der Waals surface area contributed by atoms with E-state index in [0.717, 1.165) is 0 Å². The largest absolute Gasteiger partial charge is 0.466 e. The van der Waals surface area contributed by atoms with Gasteiger partial charge in [0.25, 0.3) is 5.69 Å². The number of carbonyl (C=O) groups excluding carboxylic acids is 3. The van der Waals surface area contributed by atoms with Crippen molar-refractivity contribution in [2.24, 2.45) is 10.9 Å². The molecule has 0 aromatic heterocycles. The SMILES string of the molecule is CCOC(=O)C1CCN(C(=O)CC2=CSC3=NC(C)=C(C(=O)OC)[C@H](c4ccc([N+](=O)[O-])cc4)N23)CC1. The number of hydrogen-bond acceptors (Lipinski definition) is 10. The van der Waals surface area contributed by atoms with Gasteiger partial charge in [0, 0.05) is 30.9 Å². The normalized spacial score (nSPS) is 19.7. The molecule has 1 aromatic carbocycles. The van der Waals surface area contributed by atoms with Gasteiger partial charge >= 0.3 is 11.9 Å². The standard InChI is InChI=1S/C25H28N4O7S/c1-4-36-23(31)17-9-11-27(12-10-17)20(30)13-19-14-37-25-26-15(2)21(24(32)35-3)22(28(19)25)16-5-7-18(8-6-16)29(33)34/h5-8,14,17,22H,4,9-13H2,1-3H3/t22-/m0/s1. The van der Waals surface area contributed by atoms with Gasteiger partial charge < -0.3 is 19.3 Å². The van der Waals surface area contributed by atoms with Gasteiger partial charge in [0.15, 0.2) is 5.17 Å². The number of amidine groups is 1. The molecule has 0 radical (unpaired) electrons. The summed E-state index contributed by atoms with van der Waals surface area (Å²) in [5, 5.41) is 13.6. The molecular formula is C25H28N4O7S. The van der Waals surface area contributed by atoms with Crippen molar-refractivity contribution in [3.05, 3.63) is 62.3 Å². The van der Waals surface area contributed by atoms with Crippen LogP contribution in [0.5, 0.6) is 0 Å². The summed E-state index contributed by atoms with van der Waals surface area (Å²) >= 11 is 1.35. The minimum absolute atomic E-state index is 0.0678. The molecule has 1 atom stereocenters. The summed E-state index contributed by atoms with van der Waals surface area (Å²) in [5.74, 6) is -1.08. The quantitative estimate of drug-likeness (QED) is 0.296. The van der Waals surface area contributed by atoms with Crippen LogP contribution in [0.25, 0.3) is 0 Å². The minimum Gasteiger partial charge on any atom is -0.466 e. The Labute approximate surface area is 218 Å². The number of carbonyl (C=O) groups is 3. The zero-order chi connectivity index (χ0) is 26.7. The first-order chi connectivity index (χ1) is 17.7. The molecule has 0 unspecified atom stereocenters. The van der Waals surface area contributed by atoms with Crippen LogP contribution in [0.3, 0.4) is 0 Å². The Morgan fingerprint density at radius 1 is 1.19 bits per heavy atom. The number of ether oxygens (including phenoxy) is 2. The van der Waals surface area contributed by atoms with Gasteiger partial charge in [-0.25, -0.2) is 9.79 Å². The molecule has 196 valence electrons. The third kappa shape index (κ3) is 5.38. The topological polar surface area (TPSA) is 132 Å². The van der Waals surface area contributed by atoms with E-state index in [0.29, 0.717) is 60.2 Å². The fourth-order valence-electron chi connectivity index (χ4n) is 4.73. The zero-order valence-corrected chi connectivity index (χ0v) is 21.7. The molecular weight excluding hydrogens is 500 g/mol. The van der Waals surface area contributed by atoms with E-state index in [-0.39, 0.29) is 29.9 Å².